The molecule has 0 bridgehead atoms. The third-order valence-electron chi connectivity index (χ3n) is 4.41. The van der Waals surface area contributed by atoms with Gasteiger partial charge in [-0.3, -0.25) is 9.59 Å². The fourth-order valence-corrected chi connectivity index (χ4v) is 2.86. The Labute approximate surface area is 174 Å². The molecule has 0 saturated carbocycles. The number of carbonyl (C=O) groups excluding carboxylic acids is 3. The monoisotopic (exact) mass is 412 g/mol. The number of carbonyl (C=O) groups is 3. The summed E-state index contributed by atoms with van der Waals surface area (Å²) in [4.78, 5) is 37.0. The summed E-state index contributed by atoms with van der Waals surface area (Å²) in [6, 6.07) is 12.7. The van der Waals surface area contributed by atoms with E-state index in [-0.39, 0.29) is 11.8 Å². The molecule has 8 nitrogen and oxygen atoms in total. The number of amides is 2. The predicted molar refractivity (Wildman–Crippen MR) is 110 cm³/mol. The summed E-state index contributed by atoms with van der Waals surface area (Å²) in [5.74, 6) is -0.624. The first-order valence-electron chi connectivity index (χ1n) is 9.66. The lowest BCUT2D eigenvalue weighted by Crippen LogP contribution is -2.45. The van der Waals surface area contributed by atoms with E-state index in [1.165, 1.54) is 0 Å². The van der Waals surface area contributed by atoms with Gasteiger partial charge in [-0.2, -0.15) is 0 Å². The Morgan fingerprint density at radius 2 is 1.70 bits per heavy atom. The second kappa shape index (κ2) is 9.78. The molecule has 2 aromatic carbocycles. The molecule has 0 radical (unpaired) electrons. The van der Waals surface area contributed by atoms with Crippen LogP contribution in [0.5, 0.6) is 11.5 Å². The van der Waals surface area contributed by atoms with E-state index in [9.17, 15) is 14.4 Å². The van der Waals surface area contributed by atoms with Gasteiger partial charge < -0.3 is 24.8 Å². The highest BCUT2D eigenvalue weighted by molar-refractivity contribution is 5.97. The number of fused-ring (bicyclic) bond motifs is 1. The Kier molecular flexibility index (Phi) is 6.90. The van der Waals surface area contributed by atoms with Gasteiger partial charge in [-0.25, -0.2) is 4.79 Å². The zero-order chi connectivity index (χ0) is 21.5. The lowest BCUT2D eigenvalue weighted by molar-refractivity contribution is -0.150. The van der Waals surface area contributed by atoms with Crippen molar-refractivity contribution in [3.8, 4) is 11.5 Å². The summed E-state index contributed by atoms with van der Waals surface area (Å²) >= 11 is 0. The van der Waals surface area contributed by atoms with Crippen LogP contribution in [0.15, 0.2) is 48.5 Å². The summed E-state index contributed by atoms with van der Waals surface area (Å²) in [5, 5.41) is 5.31. The van der Waals surface area contributed by atoms with Crippen LogP contribution in [0.2, 0.25) is 0 Å². The van der Waals surface area contributed by atoms with E-state index in [0.29, 0.717) is 36.0 Å². The summed E-state index contributed by atoms with van der Waals surface area (Å²) < 4.78 is 16.0. The predicted octanol–water partition coefficient (Wildman–Crippen LogP) is 2.39. The van der Waals surface area contributed by atoms with E-state index >= 15 is 0 Å². The molecule has 0 saturated heterocycles. The van der Waals surface area contributed by atoms with E-state index in [1.54, 1.807) is 62.4 Å². The van der Waals surface area contributed by atoms with Crippen LogP contribution in [0, 0.1) is 5.92 Å². The van der Waals surface area contributed by atoms with Gasteiger partial charge in [0.1, 0.15) is 19.3 Å². The highest BCUT2D eigenvalue weighted by Gasteiger charge is 2.26. The van der Waals surface area contributed by atoms with Gasteiger partial charge in [-0.15, -0.1) is 0 Å². The maximum Gasteiger partial charge on any atom is 0.329 e. The lowest BCUT2D eigenvalue weighted by atomic mass is 10.0. The van der Waals surface area contributed by atoms with Crippen molar-refractivity contribution in [1.29, 1.82) is 0 Å². The molecule has 1 heterocycles. The second-order valence-electron chi connectivity index (χ2n) is 7.08. The molecule has 2 N–H and O–H groups in total. The number of esters is 1. The van der Waals surface area contributed by atoms with Crippen molar-refractivity contribution < 1.29 is 28.6 Å². The van der Waals surface area contributed by atoms with Crippen LogP contribution in [0.25, 0.3) is 0 Å². The highest BCUT2D eigenvalue weighted by Crippen LogP contribution is 2.32. The van der Waals surface area contributed by atoms with Crippen molar-refractivity contribution in [2.75, 3.05) is 25.1 Å². The van der Waals surface area contributed by atoms with Crippen molar-refractivity contribution in [2.45, 2.75) is 19.9 Å². The Morgan fingerprint density at radius 1 is 1.00 bits per heavy atom. The van der Waals surface area contributed by atoms with Gasteiger partial charge in [0.2, 0.25) is 0 Å². The van der Waals surface area contributed by atoms with E-state index in [2.05, 4.69) is 10.6 Å². The molecule has 3 rings (SSSR count). The first kappa shape index (κ1) is 21.2. The molecule has 8 heteroatoms. The SMILES string of the molecule is CC(C)[C@@H](NC(=O)c1ccccc1)C(=O)OCC(=O)Nc1ccc2c(c1)OCCO2. The second-order valence-corrected chi connectivity index (χ2v) is 7.08. The highest BCUT2D eigenvalue weighted by atomic mass is 16.6. The lowest BCUT2D eigenvalue weighted by Gasteiger charge is -2.21. The molecule has 0 unspecified atom stereocenters. The Bertz CT molecular complexity index is 913. The fraction of sp³-hybridized carbons (Fsp3) is 0.318. The smallest absolute Gasteiger partial charge is 0.329 e. The zero-order valence-electron chi connectivity index (χ0n) is 16.8. The normalized spacial score (nSPS) is 13.3. The molecular formula is C22H24N2O6. The number of anilines is 1. The van der Waals surface area contributed by atoms with Crippen LogP contribution in [0.1, 0.15) is 24.2 Å². The maximum atomic E-state index is 12.4. The minimum atomic E-state index is -0.875. The first-order chi connectivity index (χ1) is 14.4. The van der Waals surface area contributed by atoms with Crippen molar-refractivity contribution in [1.82, 2.24) is 5.32 Å². The van der Waals surface area contributed by atoms with Gasteiger partial charge in [0.25, 0.3) is 11.8 Å². The molecular weight excluding hydrogens is 388 g/mol. The number of hydrogen-bond donors (Lipinski definition) is 2. The minimum Gasteiger partial charge on any atom is -0.486 e. The maximum absolute atomic E-state index is 12.4. The standard InChI is InChI=1S/C22H24N2O6/c1-14(2)20(24-21(26)15-6-4-3-5-7-15)22(27)30-13-19(25)23-16-8-9-17-18(12-16)29-11-10-28-17/h3-9,12,14,20H,10-11,13H2,1-2H3,(H,23,25)(H,24,26)/t20-/m1/s1. The summed E-state index contributed by atoms with van der Waals surface area (Å²) in [6.07, 6.45) is 0. The van der Waals surface area contributed by atoms with E-state index in [1.807, 2.05) is 0 Å². The minimum absolute atomic E-state index is 0.217. The summed E-state index contributed by atoms with van der Waals surface area (Å²) in [6.45, 7) is 4.01. The molecule has 0 fully saturated rings. The Morgan fingerprint density at radius 3 is 2.40 bits per heavy atom. The summed E-state index contributed by atoms with van der Waals surface area (Å²) in [5.41, 5.74) is 0.936. The molecule has 1 atom stereocenters. The largest absolute Gasteiger partial charge is 0.486 e. The van der Waals surface area contributed by atoms with Gasteiger partial charge in [0.05, 0.1) is 0 Å². The Balaban J connectivity index is 1.53. The fourth-order valence-electron chi connectivity index (χ4n) is 2.86. The van der Waals surface area contributed by atoms with Crippen molar-refractivity contribution in [3.05, 3.63) is 54.1 Å². The van der Waals surface area contributed by atoms with Crippen LogP contribution < -0.4 is 20.1 Å². The Hall–Kier alpha value is -3.55. The molecule has 2 amide bonds. The molecule has 2 aromatic rings. The first-order valence-corrected chi connectivity index (χ1v) is 9.66. The van der Waals surface area contributed by atoms with E-state index in [0.717, 1.165) is 0 Å². The molecule has 1 aliphatic heterocycles. The average molecular weight is 412 g/mol. The van der Waals surface area contributed by atoms with Gasteiger partial charge in [0.15, 0.2) is 18.1 Å². The molecule has 1 aliphatic rings. The van der Waals surface area contributed by atoms with Crippen LogP contribution in [0.3, 0.4) is 0 Å². The van der Waals surface area contributed by atoms with E-state index < -0.39 is 24.5 Å². The number of hydrogen-bond acceptors (Lipinski definition) is 6. The molecule has 30 heavy (non-hydrogen) atoms. The average Bonchev–Trinajstić information content (AvgIpc) is 2.76. The number of nitrogens with one attached hydrogen (secondary N) is 2. The third kappa shape index (κ3) is 5.50. The van der Waals surface area contributed by atoms with Gasteiger partial charge in [0, 0.05) is 17.3 Å². The van der Waals surface area contributed by atoms with Crippen molar-refractivity contribution in [3.63, 3.8) is 0 Å². The molecule has 158 valence electrons. The van der Waals surface area contributed by atoms with Crippen LogP contribution in [-0.2, 0) is 14.3 Å². The quantitative estimate of drug-likeness (QED) is 0.677. The zero-order valence-corrected chi connectivity index (χ0v) is 16.8. The third-order valence-corrected chi connectivity index (χ3v) is 4.41. The van der Waals surface area contributed by atoms with Gasteiger partial charge >= 0.3 is 5.97 Å². The summed E-state index contributed by atoms with van der Waals surface area (Å²) in [7, 11) is 0. The van der Waals surface area contributed by atoms with Crippen molar-refractivity contribution in [2.24, 2.45) is 5.92 Å². The van der Waals surface area contributed by atoms with Gasteiger partial charge in [-0.05, 0) is 30.2 Å². The number of benzene rings is 2. The number of ether oxygens (including phenoxy) is 3. The molecule has 0 aromatic heterocycles. The van der Waals surface area contributed by atoms with Crippen LogP contribution in [-0.4, -0.2) is 43.6 Å². The van der Waals surface area contributed by atoms with Crippen LogP contribution >= 0.6 is 0 Å². The number of rotatable bonds is 7. The topological polar surface area (TPSA) is 103 Å². The molecule has 0 aliphatic carbocycles. The van der Waals surface area contributed by atoms with Crippen LogP contribution in [0.4, 0.5) is 5.69 Å². The van der Waals surface area contributed by atoms with Gasteiger partial charge in [-0.1, -0.05) is 32.0 Å². The van der Waals surface area contributed by atoms with Crippen molar-refractivity contribution >= 4 is 23.5 Å². The molecule has 0 spiro atoms. The van der Waals surface area contributed by atoms with E-state index in [4.69, 9.17) is 14.2 Å².